The van der Waals surface area contributed by atoms with E-state index in [9.17, 15) is 5.11 Å². The van der Waals surface area contributed by atoms with E-state index in [0.717, 1.165) is 12.8 Å². The van der Waals surface area contributed by atoms with Crippen LogP contribution in [0.4, 0.5) is 0 Å². The second-order valence-electron chi connectivity index (χ2n) is 6.06. The van der Waals surface area contributed by atoms with Crippen LogP contribution in [0.15, 0.2) is 42.5 Å². The summed E-state index contributed by atoms with van der Waals surface area (Å²) in [6.45, 7) is 6.25. The molecule has 2 rings (SSSR count). The number of hydrogen-bond acceptors (Lipinski definition) is 1. The molecule has 1 unspecified atom stereocenters. The largest absolute Gasteiger partial charge is 0.393 e. The molecule has 0 saturated carbocycles. The molecule has 1 atom stereocenters. The van der Waals surface area contributed by atoms with Gasteiger partial charge >= 0.3 is 0 Å². The summed E-state index contributed by atoms with van der Waals surface area (Å²) in [5, 5.41) is 12.7. The average Bonchev–Trinajstić information content (AvgIpc) is 2.34. The van der Waals surface area contributed by atoms with Crippen molar-refractivity contribution in [2.75, 3.05) is 0 Å². The molecule has 0 aromatic heterocycles. The smallest absolute Gasteiger partial charge is 0.0591 e. The molecule has 18 heavy (non-hydrogen) atoms. The minimum Gasteiger partial charge on any atom is -0.393 e. The summed E-state index contributed by atoms with van der Waals surface area (Å²) in [7, 11) is 0. The molecule has 0 bridgehead atoms. The third kappa shape index (κ3) is 2.91. The van der Waals surface area contributed by atoms with Crippen LogP contribution < -0.4 is 0 Å². The molecule has 0 amide bonds. The number of fused-ring (bicyclic) bond motifs is 1. The van der Waals surface area contributed by atoms with Gasteiger partial charge in [-0.05, 0) is 34.6 Å². The van der Waals surface area contributed by atoms with Crippen molar-refractivity contribution in [2.45, 2.75) is 39.7 Å². The van der Waals surface area contributed by atoms with Crippen LogP contribution in [0.3, 0.4) is 0 Å². The second kappa shape index (κ2) is 5.11. The summed E-state index contributed by atoms with van der Waals surface area (Å²) >= 11 is 0. The highest BCUT2D eigenvalue weighted by atomic mass is 16.3. The zero-order valence-electron chi connectivity index (χ0n) is 11.5. The lowest BCUT2D eigenvalue weighted by Crippen LogP contribution is -2.26. The third-order valence-corrected chi connectivity index (χ3v) is 3.57. The molecule has 0 fully saturated rings. The van der Waals surface area contributed by atoms with Crippen LogP contribution in [0.2, 0.25) is 0 Å². The topological polar surface area (TPSA) is 20.2 Å². The van der Waals surface area contributed by atoms with Gasteiger partial charge in [-0.3, -0.25) is 0 Å². The maximum absolute atomic E-state index is 10.1. The van der Waals surface area contributed by atoms with Gasteiger partial charge in [-0.15, -0.1) is 0 Å². The van der Waals surface area contributed by atoms with Gasteiger partial charge < -0.3 is 5.11 Å². The SMILES string of the molecule is CC(C)(C)C(O)CCc1cccc2ccccc12. The minimum absolute atomic E-state index is 0.0371. The summed E-state index contributed by atoms with van der Waals surface area (Å²) in [5.41, 5.74) is 1.29. The lowest BCUT2D eigenvalue weighted by Gasteiger charge is -2.25. The van der Waals surface area contributed by atoms with Crippen LogP contribution in [-0.2, 0) is 6.42 Å². The van der Waals surface area contributed by atoms with Gasteiger partial charge in [0.05, 0.1) is 6.10 Å². The zero-order chi connectivity index (χ0) is 13.2. The molecule has 0 aliphatic rings. The molecule has 96 valence electrons. The van der Waals surface area contributed by atoms with Crippen LogP contribution in [0.25, 0.3) is 10.8 Å². The van der Waals surface area contributed by atoms with Crippen LogP contribution in [0, 0.1) is 5.41 Å². The molecule has 0 radical (unpaired) electrons. The van der Waals surface area contributed by atoms with Gasteiger partial charge in [0.15, 0.2) is 0 Å². The summed E-state index contributed by atoms with van der Waals surface area (Å²) in [6, 6.07) is 14.8. The Morgan fingerprint density at radius 3 is 2.39 bits per heavy atom. The first-order valence-electron chi connectivity index (χ1n) is 6.63. The van der Waals surface area contributed by atoms with Gasteiger partial charge in [-0.25, -0.2) is 0 Å². The zero-order valence-corrected chi connectivity index (χ0v) is 11.5. The second-order valence-corrected chi connectivity index (χ2v) is 6.06. The molecule has 1 heteroatoms. The van der Waals surface area contributed by atoms with E-state index in [1.54, 1.807) is 0 Å². The minimum atomic E-state index is -0.253. The number of aliphatic hydroxyl groups is 1. The highest BCUT2D eigenvalue weighted by Crippen LogP contribution is 2.25. The van der Waals surface area contributed by atoms with Crippen molar-refractivity contribution >= 4 is 10.8 Å². The molecule has 1 nitrogen and oxygen atoms in total. The van der Waals surface area contributed by atoms with E-state index < -0.39 is 0 Å². The van der Waals surface area contributed by atoms with Crippen LogP contribution in [-0.4, -0.2) is 11.2 Å². The van der Waals surface area contributed by atoms with Crippen LogP contribution in [0.1, 0.15) is 32.8 Å². The quantitative estimate of drug-likeness (QED) is 0.856. The summed E-state index contributed by atoms with van der Waals surface area (Å²) in [6.07, 6.45) is 1.49. The van der Waals surface area contributed by atoms with E-state index in [1.165, 1.54) is 16.3 Å². The number of rotatable bonds is 3. The van der Waals surface area contributed by atoms with Gasteiger partial charge in [0, 0.05) is 0 Å². The highest BCUT2D eigenvalue weighted by Gasteiger charge is 2.21. The standard InChI is InChI=1S/C17H22O/c1-17(2,3)16(18)12-11-14-9-6-8-13-7-4-5-10-15(13)14/h4-10,16,18H,11-12H2,1-3H3. The van der Waals surface area contributed by atoms with Crippen molar-refractivity contribution in [1.82, 2.24) is 0 Å². The van der Waals surface area contributed by atoms with Gasteiger partial charge in [-0.2, -0.15) is 0 Å². The number of benzene rings is 2. The Hall–Kier alpha value is -1.34. The van der Waals surface area contributed by atoms with Crippen LogP contribution >= 0.6 is 0 Å². The first kappa shape index (κ1) is 13.1. The summed E-state index contributed by atoms with van der Waals surface area (Å²) in [4.78, 5) is 0. The van der Waals surface area contributed by atoms with Crippen molar-refractivity contribution in [3.05, 3.63) is 48.0 Å². The van der Waals surface area contributed by atoms with Gasteiger partial charge in [-0.1, -0.05) is 63.2 Å². The van der Waals surface area contributed by atoms with Gasteiger partial charge in [0.1, 0.15) is 0 Å². The Balaban J connectivity index is 2.18. The van der Waals surface area contributed by atoms with E-state index in [0.29, 0.717) is 0 Å². The predicted octanol–water partition coefficient (Wildman–Crippen LogP) is 4.18. The van der Waals surface area contributed by atoms with Crippen LogP contribution in [0.5, 0.6) is 0 Å². The first-order valence-corrected chi connectivity index (χ1v) is 6.63. The van der Waals surface area contributed by atoms with Gasteiger partial charge in [0.2, 0.25) is 0 Å². The molecule has 0 heterocycles. The Labute approximate surface area is 109 Å². The Kier molecular flexibility index (Phi) is 3.72. The third-order valence-electron chi connectivity index (χ3n) is 3.57. The van der Waals surface area contributed by atoms with Crippen molar-refractivity contribution in [3.63, 3.8) is 0 Å². The predicted molar refractivity (Wildman–Crippen MR) is 77.7 cm³/mol. The van der Waals surface area contributed by atoms with E-state index >= 15 is 0 Å². The number of hydrogen-bond donors (Lipinski definition) is 1. The highest BCUT2D eigenvalue weighted by molar-refractivity contribution is 5.85. The van der Waals surface area contributed by atoms with Crippen molar-refractivity contribution in [3.8, 4) is 0 Å². The molecule has 0 spiro atoms. The summed E-state index contributed by atoms with van der Waals surface area (Å²) in [5.74, 6) is 0. The maximum Gasteiger partial charge on any atom is 0.0591 e. The first-order chi connectivity index (χ1) is 8.48. The molecule has 2 aromatic carbocycles. The maximum atomic E-state index is 10.1. The van der Waals surface area contributed by atoms with Crippen molar-refractivity contribution in [1.29, 1.82) is 0 Å². The lowest BCUT2D eigenvalue weighted by molar-refractivity contribution is 0.0561. The summed E-state index contributed by atoms with van der Waals surface area (Å²) < 4.78 is 0. The van der Waals surface area contributed by atoms with Crippen molar-refractivity contribution in [2.24, 2.45) is 5.41 Å². The molecule has 0 saturated heterocycles. The number of aliphatic hydroxyl groups excluding tert-OH is 1. The molecular weight excluding hydrogens is 220 g/mol. The number of aryl methyl sites for hydroxylation is 1. The average molecular weight is 242 g/mol. The van der Waals surface area contributed by atoms with Crippen molar-refractivity contribution < 1.29 is 5.11 Å². The molecular formula is C17H22O. The monoisotopic (exact) mass is 242 g/mol. The Morgan fingerprint density at radius 2 is 1.67 bits per heavy atom. The lowest BCUT2D eigenvalue weighted by atomic mass is 9.85. The molecule has 2 aromatic rings. The fourth-order valence-corrected chi connectivity index (χ4v) is 2.24. The van der Waals surface area contributed by atoms with E-state index in [-0.39, 0.29) is 11.5 Å². The molecule has 1 N–H and O–H groups in total. The Morgan fingerprint density at radius 1 is 1.00 bits per heavy atom. The fraction of sp³-hybridized carbons (Fsp3) is 0.412. The van der Waals surface area contributed by atoms with Gasteiger partial charge in [0.25, 0.3) is 0 Å². The van der Waals surface area contributed by atoms with E-state index in [1.807, 2.05) is 0 Å². The Bertz CT molecular complexity index is 517. The fourth-order valence-electron chi connectivity index (χ4n) is 2.24. The molecule has 0 aliphatic carbocycles. The van der Waals surface area contributed by atoms with E-state index in [2.05, 4.69) is 63.2 Å². The van der Waals surface area contributed by atoms with E-state index in [4.69, 9.17) is 0 Å². The normalized spacial score (nSPS) is 13.8. The molecule has 0 aliphatic heterocycles.